The first-order valence-electron chi connectivity index (χ1n) is 6.15. The van der Waals surface area contributed by atoms with Crippen molar-refractivity contribution in [3.05, 3.63) is 57.9 Å². The molecule has 0 fully saturated rings. The molecular weight excluding hydrogens is 321 g/mol. The summed E-state index contributed by atoms with van der Waals surface area (Å²) in [6.45, 7) is 2.02. The number of hydrogen-bond donors (Lipinski definition) is 1. The molecule has 2 aromatic rings. The summed E-state index contributed by atoms with van der Waals surface area (Å²) in [6.07, 6.45) is 2.28. The topological polar surface area (TPSA) is 48.7 Å². The van der Waals surface area contributed by atoms with Gasteiger partial charge in [-0.05, 0) is 59.1 Å². The molecule has 0 saturated heterocycles. The van der Waals surface area contributed by atoms with Gasteiger partial charge in [0.05, 0.1) is 10.0 Å². The Balaban J connectivity index is 1.99. The maximum atomic E-state index is 13.2. The Morgan fingerprint density at radius 3 is 2.80 bits per heavy atom. The van der Waals surface area contributed by atoms with Crippen LogP contribution in [0.25, 0.3) is 0 Å². The van der Waals surface area contributed by atoms with Gasteiger partial charge in [0.1, 0.15) is 17.7 Å². The molecule has 0 radical (unpaired) electrons. The average molecular weight is 334 g/mol. The molecule has 2 rings (SSSR count). The van der Waals surface area contributed by atoms with Crippen molar-refractivity contribution in [2.75, 3.05) is 5.32 Å². The summed E-state index contributed by atoms with van der Waals surface area (Å²) in [5.41, 5.74) is 1.57. The normalized spacial score (nSPS) is 11.7. The molecule has 0 saturated carbocycles. The fraction of sp³-hybridized carbons (Fsp3) is 0.200. The van der Waals surface area contributed by atoms with Gasteiger partial charge in [-0.15, -0.1) is 0 Å². The smallest absolute Gasteiger partial charge is 0.137 e. The van der Waals surface area contributed by atoms with Crippen molar-refractivity contribution in [3.63, 3.8) is 0 Å². The number of benzene rings is 1. The second-order valence-electron chi connectivity index (χ2n) is 4.54. The zero-order chi connectivity index (χ0) is 14.5. The minimum Gasteiger partial charge on any atom is -0.367 e. The fourth-order valence-corrected chi connectivity index (χ4v) is 2.30. The lowest BCUT2D eigenvalue weighted by atomic mass is 10.1. The quantitative estimate of drug-likeness (QED) is 0.923. The summed E-state index contributed by atoms with van der Waals surface area (Å²) < 4.78 is 13.6. The number of nitrogens with zero attached hydrogens (tertiary/aromatic N) is 2. The molecule has 0 aliphatic rings. The second kappa shape index (κ2) is 6.49. The van der Waals surface area contributed by atoms with E-state index < -0.39 is 0 Å². The summed E-state index contributed by atoms with van der Waals surface area (Å²) in [5.74, 6) is 0.459. The number of anilines is 1. The van der Waals surface area contributed by atoms with E-state index in [1.54, 1.807) is 24.3 Å². The lowest BCUT2D eigenvalue weighted by Gasteiger charge is -2.14. The molecule has 3 nitrogen and oxygen atoms in total. The third-order valence-electron chi connectivity index (χ3n) is 2.81. The Kier molecular flexibility index (Phi) is 4.70. The number of nitriles is 1. The monoisotopic (exact) mass is 333 g/mol. The summed E-state index contributed by atoms with van der Waals surface area (Å²) >= 11 is 3.18. The van der Waals surface area contributed by atoms with Crippen molar-refractivity contribution >= 4 is 21.7 Å². The minimum absolute atomic E-state index is 0.146. The number of pyridine rings is 1. The largest absolute Gasteiger partial charge is 0.367 e. The van der Waals surface area contributed by atoms with Gasteiger partial charge in [0.2, 0.25) is 0 Å². The highest BCUT2D eigenvalue weighted by molar-refractivity contribution is 9.10. The summed E-state index contributed by atoms with van der Waals surface area (Å²) in [7, 11) is 0. The van der Waals surface area contributed by atoms with Crippen LogP contribution >= 0.6 is 15.9 Å². The molecule has 20 heavy (non-hydrogen) atoms. The van der Waals surface area contributed by atoms with Crippen molar-refractivity contribution in [3.8, 4) is 6.07 Å². The summed E-state index contributed by atoms with van der Waals surface area (Å²) in [4.78, 5) is 4.16. The third-order valence-corrected chi connectivity index (χ3v) is 3.42. The van der Waals surface area contributed by atoms with Gasteiger partial charge in [-0.1, -0.05) is 6.07 Å². The summed E-state index contributed by atoms with van der Waals surface area (Å²) in [5, 5.41) is 12.0. The first-order chi connectivity index (χ1) is 9.58. The van der Waals surface area contributed by atoms with Crippen molar-refractivity contribution in [1.29, 1.82) is 5.26 Å². The van der Waals surface area contributed by atoms with Crippen LogP contribution in [-0.4, -0.2) is 11.0 Å². The van der Waals surface area contributed by atoms with Crippen LogP contribution in [0, 0.1) is 17.1 Å². The molecule has 1 aromatic heterocycles. The SMILES string of the molecule is CC(Cc1ccc(F)c(Br)c1)Nc1ccc(C#N)cn1. The Morgan fingerprint density at radius 1 is 1.40 bits per heavy atom. The molecule has 102 valence electrons. The predicted molar refractivity (Wildman–Crippen MR) is 79.8 cm³/mol. The Labute approximate surface area is 125 Å². The molecule has 0 amide bonds. The van der Waals surface area contributed by atoms with Gasteiger partial charge in [-0.3, -0.25) is 0 Å². The van der Waals surface area contributed by atoms with Crippen LogP contribution in [0.5, 0.6) is 0 Å². The molecule has 5 heteroatoms. The number of rotatable bonds is 4. The third kappa shape index (κ3) is 3.78. The van der Waals surface area contributed by atoms with Crippen LogP contribution in [0.15, 0.2) is 41.0 Å². The Bertz CT molecular complexity index is 635. The van der Waals surface area contributed by atoms with Crippen LogP contribution in [0.2, 0.25) is 0 Å². The van der Waals surface area contributed by atoms with Crippen molar-refractivity contribution in [1.82, 2.24) is 4.98 Å². The van der Waals surface area contributed by atoms with Crippen molar-refractivity contribution < 1.29 is 4.39 Å². The Hall–Kier alpha value is -1.93. The number of nitrogens with one attached hydrogen (secondary N) is 1. The van der Waals surface area contributed by atoms with Gasteiger partial charge >= 0.3 is 0 Å². The fourth-order valence-electron chi connectivity index (χ4n) is 1.87. The molecule has 0 aliphatic carbocycles. The molecule has 1 unspecified atom stereocenters. The van der Waals surface area contributed by atoms with Crippen LogP contribution in [0.4, 0.5) is 10.2 Å². The van der Waals surface area contributed by atoms with E-state index in [2.05, 4.69) is 26.2 Å². The predicted octanol–water partition coefficient (Wildman–Crippen LogP) is 3.90. The van der Waals surface area contributed by atoms with Crippen LogP contribution in [0.3, 0.4) is 0 Å². The molecule has 1 aromatic carbocycles. The van der Waals surface area contributed by atoms with Gasteiger partial charge in [0, 0.05) is 12.2 Å². The van der Waals surface area contributed by atoms with E-state index in [4.69, 9.17) is 5.26 Å². The lowest BCUT2D eigenvalue weighted by Crippen LogP contribution is -2.18. The molecule has 1 heterocycles. The van der Waals surface area contributed by atoms with Crippen molar-refractivity contribution in [2.45, 2.75) is 19.4 Å². The summed E-state index contributed by atoms with van der Waals surface area (Å²) in [6, 6.07) is 10.7. The Morgan fingerprint density at radius 2 is 2.20 bits per heavy atom. The number of aromatic nitrogens is 1. The zero-order valence-electron chi connectivity index (χ0n) is 10.9. The highest BCUT2D eigenvalue weighted by atomic mass is 79.9. The van der Waals surface area contributed by atoms with Gasteiger partial charge < -0.3 is 5.32 Å². The van der Waals surface area contributed by atoms with E-state index in [1.165, 1.54) is 12.3 Å². The van der Waals surface area contributed by atoms with Crippen LogP contribution in [0.1, 0.15) is 18.1 Å². The first kappa shape index (κ1) is 14.5. The standard InChI is InChI=1S/C15H13BrFN3/c1-10(6-11-2-4-14(17)13(16)7-11)20-15-5-3-12(8-18)9-19-15/h2-5,7,9-10H,6H2,1H3,(H,19,20). The van der Waals surface area contributed by atoms with E-state index in [-0.39, 0.29) is 11.9 Å². The van der Waals surface area contributed by atoms with Crippen LogP contribution < -0.4 is 5.32 Å². The molecule has 0 aliphatic heterocycles. The zero-order valence-corrected chi connectivity index (χ0v) is 12.5. The van der Waals surface area contributed by atoms with E-state index >= 15 is 0 Å². The highest BCUT2D eigenvalue weighted by Crippen LogP contribution is 2.18. The van der Waals surface area contributed by atoms with Gasteiger partial charge in [0.25, 0.3) is 0 Å². The number of hydrogen-bond acceptors (Lipinski definition) is 3. The maximum absolute atomic E-state index is 13.2. The van der Waals surface area contributed by atoms with E-state index in [0.717, 1.165) is 17.8 Å². The molecular formula is C15H13BrFN3. The number of halogens is 2. The van der Waals surface area contributed by atoms with E-state index in [1.807, 2.05) is 13.0 Å². The second-order valence-corrected chi connectivity index (χ2v) is 5.40. The molecule has 0 spiro atoms. The van der Waals surface area contributed by atoms with Crippen LogP contribution in [-0.2, 0) is 6.42 Å². The van der Waals surface area contributed by atoms with Gasteiger partial charge in [-0.25, -0.2) is 9.37 Å². The highest BCUT2D eigenvalue weighted by Gasteiger charge is 2.07. The van der Waals surface area contributed by atoms with Crippen molar-refractivity contribution in [2.24, 2.45) is 0 Å². The van der Waals surface area contributed by atoms with Gasteiger partial charge in [-0.2, -0.15) is 5.26 Å². The lowest BCUT2D eigenvalue weighted by molar-refractivity contribution is 0.619. The van der Waals surface area contributed by atoms with E-state index in [9.17, 15) is 4.39 Å². The molecule has 0 bridgehead atoms. The average Bonchev–Trinajstić information content (AvgIpc) is 2.44. The van der Waals surface area contributed by atoms with Gasteiger partial charge in [0.15, 0.2) is 0 Å². The minimum atomic E-state index is -0.261. The van der Waals surface area contributed by atoms with E-state index in [0.29, 0.717) is 10.0 Å². The molecule has 1 N–H and O–H groups in total. The molecule has 1 atom stereocenters. The first-order valence-corrected chi connectivity index (χ1v) is 6.94. The maximum Gasteiger partial charge on any atom is 0.137 e.